The molecule has 1 fully saturated rings. The second-order valence-corrected chi connectivity index (χ2v) is 6.23. The highest BCUT2D eigenvalue weighted by molar-refractivity contribution is 6.30. The molecule has 0 N–H and O–H groups in total. The molecule has 0 amide bonds. The van der Waals surface area contributed by atoms with E-state index in [1.807, 2.05) is 20.0 Å². The van der Waals surface area contributed by atoms with Crippen LogP contribution in [0.25, 0.3) is 0 Å². The van der Waals surface area contributed by atoms with E-state index >= 15 is 0 Å². The monoisotopic (exact) mass is 307 g/mol. The number of nitrogens with zero attached hydrogens (tertiary/aromatic N) is 3. The minimum atomic E-state index is -0.343. The molecular formula is C16H19ClFN3. The van der Waals surface area contributed by atoms with Crippen LogP contribution in [0, 0.1) is 12.7 Å². The van der Waals surface area contributed by atoms with Crippen LogP contribution in [0.1, 0.15) is 29.4 Å². The minimum Gasteiger partial charge on any atom is -0.337 e. The molecule has 0 radical (unpaired) electrons. The Kier molecular flexibility index (Phi) is 4.00. The van der Waals surface area contributed by atoms with Crippen LogP contribution in [0.4, 0.5) is 4.39 Å². The van der Waals surface area contributed by atoms with Crippen molar-refractivity contribution in [3.63, 3.8) is 0 Å². The molecule has 3 rings (SSSR count). The Hall–Kier alpha value is -1.39. The molecular weight excluding hydrogens is 289 g/mol. The molecule has 1 atom stereocenters. The lowest BCUT2D eigenvalue weighted by atomic mass is 10.1. The van der Waals surface area contributed by atoms with Crippen LogP contribution in [-0.4, -0.2) is 27.5 Å². The summed E-state index contributed by atoms with van der Waals surface area (Å²) < 4.78 is 15.6. The minimum absolute atomic E-state index is 0.182. The van der Waals surface area contributed by atoms with Gasteiger partial charge in [0.05, 0.1) is 10.7 Å². The van der Waals surface area contributed by atoms with E-state index in [-0.39, 0.29) is 10.8 Å². The van der Waals surface area contributed by atoms with Gasteiger partial charge in [0, 0.05) is 32.3 Å². The van der Waals surface area contributed by atoms with Crippen molar-refractivity contribution in [2.24, 2.45) is 7.05 Å². The zero-order valence-electron chi connectivity index (χ0n) is 12.3. The number of aromatic nitrogens is 2. The Morgan fingerprint density at radius 3 is 2.90 bits per heavy atom. The molecule has 0 bridgehead atoms. The van der Waals surface area contributed by atoms with E-state index in [4.69, 9.17) is 11.6 Å². The van der Waals surface area contributed by atoms with E-state index in [1.165, 1.54) is 6.07 Å². The Balaban J connectivity index is 1.67. The average molecular weight is 308 g/mol. The number of hydrogen-bond acceptors (Lipinski definition) is 2. The smallest absolute Gasteiger partial charge is 0.142 e. The van der Waals surface area contributed by atoms with E-state index in [0.717, 1.165) is 43.1 Å². The molecule has 5 heteroatoms. The normalized spacial score (nSPS) is 19.3. The summed E-state index contributed by atoms with van der Waals surface area (Å²) in [5.41, 5.74) is 2.03. The summed E-state index contributed by atoms with van der Waals surface area (Å²) in [5, 5.41) is 0.182. The zero-order valence-corrected chi connectivity index (χ0v) is 13.1. The van der Waals surface area contributed by atoms with E-state index in [1.54, 1.807) is 6.07 Å². The SMILES string of the molecule is Cc1cn(C)c(C2CCN(Cc3ccc(Cl)c(F)c3)C2)n1. The van der Waals surface area contributed by atoms with E-state index < -0.39 is 0 Å². The van der Waals surface area contributed by atoms with Crippen molar-refractivity contribution in [1.82, 2.24) is 14.5 Å². The lowest BCUT2D eigenvalue weighted by molar-refractivity contribution is 0.324. The highest BCUT2D eigenvalue weighted by atomic mass is 35.5. The maximum absolute atomic E-state index is 13.5. The first kappa shape index (κ1) is 14.5. The third-order valence-corrected chi connectivity index (χ3v) is 4.37. The van der Waals surface area contributed by atoms with Crippen LogP contribution in [0.2, 0.25) is 5.02 Å². The molecule has 1 saturated heterocycles. The van der Waals surface area contributed by atoms with Gasteiger partial charge in [0.25, 0.3) is 0 Å². The summed E-state index contributed by atoms with van der Waals surface area (Å²) >= 11 is 5.72. The Morgan fingerprint density at radius 1 is 1.43 bits per heavy atom. The highest BCUT2D eigenvalue weighted by Gasteiger charge is 2.27. The predicted molar refractivity (Wildman–Crippen MR) is 82.0 cm³/mol. The number of halogens is 2. The number of benzene rings is 1. The van der Waals surface area contributed by atoms with Crippen molar-refractivity contribution >= 4 is 11.6 Å². The van der Waals surface area contributed by atoms with Crippen molar-refractivity contribution < 1.29 is 4.39 Å². The second-order valence-electron chi connectivity index (χ2n) is 5.82. The summed E-state index contributed by atoms with van der Waals surface area (Å²) in [6.07, 6.45) is 3.16. The van der Waals surface area contributed by atoms with Crippen molar-refractivity contribution in [2.45, 2.75) is 25.8 Å². The number of likely N-dealkylation sites (tertiary alicyclic amines) is 1. The Morgan fingerprint density at radius 2 is 2.24 bits per heavy atom. The van der Waals surface area contributed by atoms with Crippen molar-refractivity contribution in [3.8, 4) is 0 Å². The lowest BCUT2D eigenvalue weighted by Crippen LogP contribution is -2.20. The molecule has 112 valence electrons. The molecule has 21 heavy (non-hydrogen) atoms. The Bertz CT molecular complexity index is 653. The number of hydrogen-bond donors (Lipinski definition) is 0. The maximum atomic E-state index is 13.5. The van der Waals surface area contributed by atoms with Gasteiger partial charge in [-0.1, -0.05) is 17.7 Å². The standard InChI is InChI=1S/C16H19ClFN3/c1-11-8-20(2)16(19-11)13-5-6-21(10-13)9-12-3-4-14(17)15(18)7-12/h3-4,7-8,13H,5-6,9-10H2,1-2H3. The molecule has 2 heterocycles. The fraction of sp³-hybridized carbons (Fsp3) is 0.438. The van der Waals surface area contributed by atoms with Crippen LogP contribution in [-0.2, 0) is 13.6 Å². The molecule has 0 spiro atoms. The third-order valence-electron chi connectivity index (χ3n) is 4.06. The fourth-order valence-corrected chi connectivity index (χ4v) is 3.21. The number of imidazole rings is 1. The van der Waals surface area contributed by atoms with Crippen molar-refractivity contribution in [2.75, 3.05) is 13.1 Å². The quantitative estimate of drug-likeness (QED) is 0.865. The van der Waals surface area contributed by atoms with Gasteiger partial charge < -0.3 is 4.57 Å². The van der Waals surface area contributed by atoms with Gasteiger partial charge in [-0.15, -0.1) is 0 Å². The van der Waals surface area contributed by atoms with Gasteiger partial charge in [-0.25, -0.2) is 9.37 Å². The van der Waals surface area contributed by atoms with Gasteiger partial charge in [-0.3, -0.25) is 4.90 Å². The summed E-state index contributed by atoms with van der Waals surface area (Å²) in [6.45, 7) is 4.76. The zero-order chi connectivity index (χ0) is 15.0. The number of aryl methyl sites for hydroxylation is 2. The molecule has 0 saturated carbocycles. The predicted octanol–water partition coefficient (Wildman–Crippen LogP) is 3.51. The first-order valence-corrected chi connectivity index (χ1v) is 7.57. The van der Waals surface area contributed by atoms with Gasteiger partial charge >= 0.3 is 0 Å². The highest BCUT2D eigenvalue weighted by Crippen LogP contribution is 2.27. The second kappa shape index (κ2) is 5.78. The molecule has 1 unspecified atom stereocenters. The first-order valence-electron chi connectivity index (χ1n) is 7.19. The van der Waals surface area contributed by atoms with E-state index in [2.05, 4.69) is 20.6 Å². The largest absolute Gasteiger partial charge is 0.337 e. The topological polar surface area (TPSA) is 21.1 Å². The molecule has 1 aromatic carbocycles. The van der Waals surface area contributed by atoms with Gasteiger partial charge in [0.15, 0.2) is 0 Å². The van der Waals surface area contributed by atoms with Gasteiger partial charge in [0.2, 0.25) is 0 Å². The van der Waals surface area contributed by atoms with Crippen LogP contribution in [0.15, 0.2) is 24.4 Å². The Labute approximate surface area is 129 Å². The summed E-state index contributed by atoms with van der Waals surface area (Å²) in [7, 11) is 2.05. The summed E-state index contributed by atoms with van der Waals surface area (Å²) in [6, 6.07) is 5.05. The van der Waals surface area contributed by atoms with Crippen LogP contribution in [0.3, 0.4) is 0 Å². The van der Waals surface area contributed by atoms with Crippen molar-refractivity contribution in [3.05, 3.63) is 52.3 Å². The average Bonchev–Trinajstić information content (AvgIpc) is 3.00. The lowest BCUT2D eigenvalue weighted by Gasteiger charge is -2.16. The summed E-state index contributed by atoms with van der Waals surface area (Å²) in [5.74, 6) is 1.27. The van der Waals surface area contributed by atoms with Gasteiger partial charge in [-0.05, 0) is 37.6 Å². The fourth-order valence-electron chi connectivity index (χ4n) is 3.10. The molecule has 0 aliphatic carbocycles. The van der Waals surface area contributed by atoms with Crippen LogP contribution in [0.5, 0.6) is 0 Å². The molecule has 1 aromatic heterocycles. The van der Waals surface area contributed by atoms with E-state index in [9.17, 15) is 4.39 Å². The molecule has 2 aromatic rings. The first-order chi connectivity index (χ1) is 10.0. The van der Waals surface area contributed by atoms with Crippen LogP contribution >= 0.6 is 11.6 Å². The maximum Gasteiger partial charge on any atom is 0.142 e. The van der Waals surface area contributed by atoms with Gasteiger partial charge in [0.1, 0.15) is 11.6 Å². The van der Waals surface area contributed by atoms with Gasteiger partial charge in [-0.2, -0.15) is 0 Å². The van der Waals surface area contributed by atoms with Crippen molar-refractivity contribution in [1.29, 1.82) is 0 Å². The molecule has 1 aliphatic rings. The third kappa shape index (κ3) is 3.11. The summed E-state index contributed by atoms with van der Waals surface area (Å²) in [4.78, 5) is 6.96. The molecule has 3 nitrogen and oxygen atoms in total. The molecule has 1 aliphatic heterocycles. The number of rotatable bonds is 3. The van der Waals surface area contributed by atoms with Crippen LogP contribution < -0.4 is 0 Å². The van der Waals surface area contributed by atoms with E-state index in [0.29, 0.717) is 5.92 Å².